The molecule has 0 radical (unpaired) electrons. The van der Waals surface area contributed by atoms with Gasteiger partial charge in [0.2, 0.25) is 5.91 Å². The van der Waals surface area contributed by atoms with Crippen molar-refractivity contribution in [2.75, 3.05) is 18.0 Å². The van der Waals surface area contributed by atoms with Crippen molar-refractivity contribution in [1.82, 2.24) is 5.32 Å². The predicted molar refractivity (Wildman–Crippen MR) is 131 cm³/mol. The first-order valence-electron chi connectivity index (χ1n) is 11.4. The number of hydrogen-bond acceptors (Lipinski definition) is 5. The highest BCUT2D eigenvalue weighted by atomic mass is 19.1. The Morgan fingerprint density at radius 1 is 1.15 bits per heavy atom. The number of rotatable bonds is 5. The molecule has 8 heteroatoms. The molecule has 0 aromatic heterocycles. The molecule has 1 heterocycles. The molecule has 1 aliphatic rings. The van der Waals surface area contributed by atoms with Gasteiger partial charge < -0.3 is 20.7 Å². The van der Waals surface area contributed by atoms with Gasteiger partial charge in [-0.15, -0.1) is 0 Å². The Morgan fingerprint density at radius 2 is 1.74 bits per heavy atom. The van der Waals surface area contributed by atoms with Gasteiger partial charge in [-0.05, 0) is 75.4 Å². The van der Waals surface area contributed by atoms with E-state index in [0.717, 1.165) is 29.9 Å². The van der Waals surface area contributed by atoms with Gasteiger partial charge in [0.15, 0.2) is 0 Å². The lowest BCUT2D eigenvalue weighted by Gasteiger charge is -2.21. The Hall–Kier alpha value is -3.60. The number of nitriles is 1. The third kappa shape index (κ3) is 8.07. The molecule has 2 aromatic carbocycles. The van der Waals surface area contributed by atoms with Crippen LogP contribution in [0.25, 0.3) is 11.1 Å². The number of carbonyl (C=O) groups excluding carboxylic acids is 2. The van der Waals surface area contributed by atoms with E-state index in [-0.39, 0.29) is 5.82 Å². The van der Waals surface area contributed by atoms with Gasteiger partial charge in [-0.3, -0.25) is 4.79 Å². The number of halogens is 1. The number of nitrogens with two attached hydrogens (primary N) is 1. The van der Waals surface area contributed by atoms with Crippen molar-refractivity contribution in [1.29, 1.82) is 5.26 Å². The highest BCUT2D eigenvalue weighted by molar-refractivity contribution is 5.84. The lowest BCUT2D eigenvalue weighted by atomic mass is 10.0. The molecule has 7 nitrogen and oxygen atoms in total. The minimum atomic E-state index is -0.662. The fraction of sp³-hybridized carbons (Fsp3) is 0.423. The summed E-state index contributed by atoms with van der Waals surface area (Å²) < 4.78 is 17.9. The molecule has 0 unspecified atom stereocenters. The first kappa shape index (κ1) is 26.7. The summed E-state index contributed by atoms with van der Waals surface area (Å²) in [7, 11) is 0. The zero-order chi connectivity index (χ0) is 25.3. The second-order valence-corrected chi connectivity index (χ2v) is 9.05. The van der Waals surface area contributed by atoms with Crippen LogP contribution < -0.4 is 16.0 Å². The van der Waals surface area contributed by atoms with Crippen LogP contribution in [0.5, 0.6) is 0 Å². The average Bonchev–Trinajstić information content (AvgIpc) is 3.31. The SMILES string of the molecule is CC[C@H](NC(=O)OC(C)(C)C)C(N)=O.N#Cc1cc(-c2ccc(F)cc2)ccc1N1CCCC1. The smallest absolute Gasteiger partial charge is 0.408 e. The van der Waals surface area contributed by atoms with Crippen molar-refractivity contribution in [2.45, 2.75) is 58.6 Å². The third-order valence-corrected chi connectivity index (χ3v) is 5.18. The average molecular weight is 469 g/mol. The maximum atomic E-state index is 13.0. The first-order valence-corrected chi connectivity index (χ1v) is 11.4. The fourth-order valence-electron chi connectivity index (χ4n) is 3.51. The number of benzene rings is 2. The zero-order valence-corrected chi connectivity index (χ0v) is 20.2. The summed E-state index contributed by atoms with van der Waals surface area (Å²) in [6, 6.07) is 13.9. The minimum Gasteiger partial charge on any atom is -0.444 e. The summed E-state index contributed by atoms with van der Waals surface area (Å²) in [5.74, 6) is -0.804. The van der Waals surface area contributed by atoms with Gasteiger partial charge in [-0.2, -0.15) is 5.26 Å². The number of anilines is 1. The monoisotopic (exact) mass is 468 g/mol. The molecule has 0 aliphatic carbocycles. The number of alkyl carbamates (subject to hydrolysis) is 1. The van der Waals surface area contributed by atoms with Gasteiger partial charge >= 0.3 is 6.09 Å². The fourth-order valence-corrected chi connectivity index (χ4v) is 3.51. The largest absolute Gasteiger partial charge is 0.444 e. The van der Waals surface area contributed by atoms with Crippen LogP contribution in [0, 0.1) is 17.1 Å². The lowest BCUT2D eigenvalue weighted by Crippen LogP contribution is -2.45. The maximum Gasteiger partial charge on any atom is 0.408 e. The third-order valence-electron chi connectivity index (χ3n) is 5.18. The van der Waals surface area contributed by atoms with Crippen LogP contribution in [-0.4, -0.2) is 36.7 Å². The van der Waals surface area contributed by atoms with E-state index >= 15 is 0 Å². The van der Waals surface area contributed by atoms with E-state index in [1.165, 1.54) is 25.0 Å². The topological polar surface area (TPSA) is 108 Å². The Bertz CT molecular complexity index is 1020. The van der Waals surface area contributed by atoms with E-state index in [4.69, 9.17) is 10.5 Å². The van der Waals surface area contributed by atoms with Crippen molar-refractivity contribution >= 4 is 17.7 Å². The van der Waals surface area contributed by atoms with Crippen molar-refractivity contribution < 1.29 is 18.7 Å². The van der Waals surface area contributed by atoms with Crippen LogP contribution in [0.15, 0.2) is 42.5 Å². The van der Waals surface area contributed by atoms with Crippen molar-refractivity contribution in [3.8, 4) is 17.2 Å². The van der Waals surface area contributed by atoms with Gasteiger partial charge in [-0.25, -0.2) is 9.18 Å². The summed E-state index contributed by atoms with van der Waals surface area (Å²) in [6.07, 6.45) is 2.20. The Morgan fingerprint density at radius 3 is 2.24 bits per heavy atom. The number of nitrogens with zero attached hydrogens (tertiary/aromatic N) is 2. The molecule has 2 aromatic rings. The lowest BCUT2D eigenvalue weighted by molar-refractivity contribution is -0.120. The minimum absolute atomic E-state index is 0.247. The molecule has 1 fully saturated rings. The highest BCUT2D eigenvalue weighted by Crippen LogP contribution is 2.29. The van der Waals surface area contributed by atoms with E-state index in [0.29, 0.717) is 12.0 Å². The van der Waals surface area contributed by atoms with E-state index in [9.17, 15) is 19.2 Å². The van der Waals surface area contributed by atoms with Gasteiger partial charge in [0.25, 0.3) is 0 Å². The van der Waals surface area contributed by atoms with Crippen LogP contribution in [0.1, 0.15) is 52.5 Å². The predicted octanol–water partition coefficient (Wildman–Crippen LogP) is 4.74. The number of ether oxygens (including phenoxy) is 1. The van der Waals surface area contributed by atoms with Crippen LogP contribution in [-0.2, 0) is 9.53 Å². The van der Waals surface area contributed by atoms with Gasteiger partial charge in [0.1, 0.15) is 23.5 Å². The number of carbonyl (C=O) groups is 2. The summed E-state index contributed by atoms with van der Waals surface area (Å²) >= 11 is 0. The summed E-state index contributed by atoms with van der Waals surface area (Å²) in [4.78, 5) is 24.2. The second-order valence-electron chi connectivity index (χ2n) is 9.05. The molecule has 3 rings (SSSR count). The molecule has 182 valence electrons. The van der Waals surface area contributed by atoms with E-state index in [1.54, 1.807) is 39.8 Å². The summed E-state index contributed by atoms with van der Waals surface area (Å²) in [5, 5.41) is 11.7. The normalized spacial score (nSPS) is 13.8. The quantitative estimate of drug-likeness (QED) is 0.659. The Labute approximate surface area is 200 Å². The highest BCUT2D eigenvalue weighted by Gasteiger charge is 2.21. The second kappa shape index (κ2) is 12.0. The maximum absolute atomic E-state index is 13.0. The Balaban J connectivity index is 0.000000259. The number of nitrogens with one attached hydrogen (secondary N) is 1. The van der Waals surface area contributed by atoms with Crippen LogP contribution in [0.3, 0.4) is 0 Å². The molecule has 34 heavy (non-hydrogen) atoms. The van der Waals surface area contributed by atoms with Gasteiger partial charge in [0.05, 0.1) is 11.3 Å². The molecule has 1 aliphatic heterocycles. The molecular formula is C26H33FN4O3. The van der Waals surface area contributed by atoms with Crippen LogP contribution in [0.2, 0.25) is 0 Å². The van der Waals surface area contributed by atoms with Crippen molar-refractivity contribution in [2.24, 2.45) is 5.73 Å². The molecule has 3 N–H and O–H groups in total. The van der Waals surface area contributed by atoms with E-state index < -0.39 is 23.6 Å². The molecule has 0 spiro atoms. The van der Waals surface area contributed by atoms with Gasteiger partial charge in [-0.1, -0.05) is 25.1 Å². The van der Waals surface area contributed by atoms with Gasteiger partial charge in [0, 0.05) is 13.1 Å². The summed E-state index contributed by atoms with van der Waals surface area (Å²) in [5.41, 5.74) is 8.05. The van der Waals surface area contributed by atoms with Crippen molar-refractivity contribution in [3.05, 3.63) is 53.8 Å². The van der Waals surface area contributed by atoms with Crippen LogP contribution in [0.4, 0.5) is 14.9 Å². The molecule has 0 saturated carbocycles. The van der Waals surface area contributed by atoms with E-state index in [2.05, 4.69) is 16.3 Å². The standard InChI is InChI=1S/C17H15FN2.C9H18N2O3/c18-16-6-3-13(4-7-16)14-5-8-17(15(11-14)12-19)20-9-1-2-10-20;1-5-6(7(10)12)11-8(13)14-9(2,3)4/h3-8,11H,1-2,9-10H2;6H,5H2,1-4H3,(H2,10,12)(H,11,13)/t;6-/m.0/s1. The molecular weight excluding hydrogens is 435 g/mol. The molecule has 1 atom stereocenters. The first-order chi connectivity index (χ1) is 16.0. The van der Waals surface area contributed by atoms with Crippen LogP contribution >= 0.6 is 0 Å². The zero-order valence-electron chi connectivity index (χ0n) is 20.2. The number of primary amides is 1. The molecule has 0 bridgehead atoms. The number of hydrogen-bond donors (Lipinski definition) is 2. The van der Waals surface area contributed by atoms with Crippen molar-refractivity contribution in [3.63, 3.8) is 0 Å². The summed E-state index contributed by atoms with van der Waals surface area (Å²) in [6.45, 7) is 9.04. The Kier molecular flexibility index (Phi) is 9.43. The number of amides is 2. The molecule has 1 saturated heterocycles. The molecule has 2 amide bonds. The van der Waals surface area contributed by atoms with E-state index in [1.807, 2.05) is 18.2 Å².